The van der Waals surface area contributed by atoms with Gasteiger partial charge in [-0.25, -0.2) is 0 Å². The van der Waals surface area contributed by atoms with Gasteiger partial charge in [0.15, 0.2) is 0 Å². The van der Waals surface area contributed by atoms with E-state index in [-0.39, 0.29) is 18.1 Å². The Morgan fingerprint density at radius 1 is 1.38 bits per heavy atom. The predicted octanol–water partition coefficient (Wildman–Crippen LogP) is 3.16. The van der Waals surface area contributed by atoms with Gasteiger partial charge in [0.2, 0.25) is 11.7 Å². The van der Waals surface area contributed by atoms with E-state index in [2.05, 4.69) is 10.3 Å². The van der Waals surface area contributed by atoms with Crippen molar-refractivity contribution in [2.45, 2.75) is 26.3 Å². The molecule has 0 bridgehead atoms. The Hall–Kier alpha value is -2.12. The molecule has 0 atom stereocenters. The van der Waals surface area contributed by atoms with Gasteiger partial charge in [0.25, 0.3) is 0 Å². The van der Waals surface area contributed by atoms with Crippen LogP contribution in [0.3, 0.4) is 0 Å². The number of nitro groups is 1. The minimum absolute atomic E-state index is 0.134. The summed E-state index contributed by atoms with van der Waals surface area (Å²) in [4.78, 5) is 25.8. The number of aryl methyl sites for hydroxylation is 2. The molecule has 128 valence electrons. The lowest BCUT2D eigenvalue weighted by Gasteiger charge is -2.07. The van der Waals surface area contributed by atoms with Crippen LogP contribution in [0.25, 0.3) is 0 Å². The van der Waals surface area contributed by atoms with Crippen LogP contribution in [-0.4, -0.2) is 26.9 Å². The highest BCUT2D eigenvalue weighted by atomic mass is 35.5. The van der Waals surface area contributed by atoms with Gasteiger partial charge in [0, 0.05) is 26.4 Å². The number of halogens is 2. The number of imidazole rings is 1. The summed E-state index contributed by atoms with van der Waals surface area (Å²) in [6, 6.07) is 5.34. The Morgan fingerprint density at radius 2 is 2.12 bits per heavy atom. The summed E-state index contributed by atoms with van der Waals surface area (Å²) in [7, 11) is 0. The average molecular weight is 371 g/mol. The lowest BCUT2D eigenvalue weighted by Crippen LogP contribution is -2.26. The highest BCUT2D eigenvalue weighted by molar-refractivity contribution is 6.42. The fourth-order valence-corrected chi connectivity index (χ4v) is 2.48. The van der Waals surface area contributed by atoms with E-state index < -0.39 is 4.92 Å². The third-order valence-electron chi connectivity index (χ3n) is 3.45. The Bertz CT molecular complexity index is 761. The van der Waals surface area contributed by atoms with Crippen molar-refractivity contribution >= 4 is 34.9 Å². The van der Waals surface area contributed by atoms with E-state index in [1.807, 2.05) is 6.07 Å². The van der Waals surface area contributed by atoms with Gasteiger partial charge in [-0.05, 0) is 34.0 Å². The maximum Gasteiger partial charge on any atom is 0.381 e. The van der Waals surface area contributed by atoms with Gasteiger partial charge in [-0.1, -0.05) is 29.3 Å². The summed E-state index contributed by atoms with van der Waals surface area (Å²) in [6.45, 7) is 2.47. The molecule has 0 saturated carbocycles. The zero-order chi connectivity index (χ0) is 17.7. The van der Waals surface area contributed by atoms with E-state index in [1.54, 1.807) is 23.6 Å². The first-order valence-electron chi connectivity index (χ1n) is 7.25. The van der Waals surface area contributed by atoms with Gasteiger partial charge in [0.1, 0.15) is 6.20 Å². The van der Waals surface area contributed by atoms with E-state index in [0.29, 0.717) is 35.4 Å². The molecule has 0 fully saturated rings. The van der Waals surface area contributed by atoms with E-state index in [0.717, 1.165) is 5.56 Å². The number of rotatable bonds is 7. The van der Waals surface area contributed by atoms with Crippen molar-refractivity contribution in [3.05, 3.63) is 55.9 Å². The summed E-state index contributed by atoms with van der Waals surface area (Å²) in [6.07, 6.45) is 2.19. The van der Waals surface area contributed by atoms with Gasteiger partial charge in [-0.15, -0.1) is 0 Å². The molecule has 2 aromatic rings. The number of carbonyl (C=O) groups is 1. The maximum atomic E-state index is 11.9. The van der Waals surface area contributed by atoms with E-state index in [1.165, 1.54) is 6.20 Å². The summed E-state index contributed by atoms with van der Waals surface area (Å²) in [5.74, 6) is 0.156. The van der Waals surface area contributed by atoms with Crippen LogP contribution in [-0.2, 0) is 17.8 Å². The SMILES string of the molecule is Cc1nc([N+](=O)[O-])cn1CCC(=O)NCCc1ccc(Cl)c(Cl)c1. The molecule has 2 rings (SSSR count). The van der Waals surface area contributed by atoms with Gasteiger partial charge < -0.3 is 20.0 Å². The molecule has 0 aliphatic carbocycles. The average Bonchev–Trinajstić information content (AvgIpc) is 2.90. The molecular formula is C15H16Cl2N4O3. The van der Waals surface area contributed by atoms with Crippen molar-refractivity contribution in [2.24, 2.45) is 0 Å². The van der Waals surface area contributed by atoms with E-state index in [4.69, 9.17) is 23.2 Å². The van der Waals surface area contributed by atoms with E-state index in [9.17, 15) is 14.9 Å². The van der Waals surface area contributed by atoms with Crippen molar-refractivity contribution in [3.63, 3.8) is 0 Å². The highest BCUT2D eigenvalue weighted by Crippen LogP contribution is 2.22. The fraction of sp³-hybridized carbons (Fsp3) is 0.333. The standard InChI is InChI=1S/C15H16Cl2N4O3/c1-10-19-14(21(23)24)9-20(10)7-5-15(22)18-6-4-11-2-3-12(16)13(17)8-11/h2-3,8-9H,4-7H2,1H3,(H,18,22). The molecule has 9 heteroatoms. The zero-order valence-electron chi connectivity index (χ0n) is 13.0. The number of hydrogen-bond donors (Lipinski definition) is 1. The van der Waals surface area contributed by atoms with Gasteiger partial charge >= 0.3 is 5.82 Å². The topological polar surface area (TPSA) is 90.1 Å². The number of hydrogen-bond acceptors (Lipinski definition) is 4. The second kappa shape index (κ2) is 8.12. The minimum atomic E-state index is -0.555. The third-order valence-corrected chi connectivity index (χ3v) is 4.19. The van der Waals surface area contributed by atoms with Crippen LogP contribution in [0.4, 0.5) is 5.82 Å². The fourth-order valence-electron chi connectivity index (χ4n) is 2.16. The highest BCUT2D eigenvalue weighted by Gasteiger charge is 2.15. The Kier molecular flexibility index (Phi) is 6.16. The quantitative estimate of drug-likeness (QED) is 0.598. The van der Waals surface area contributed by atoms with Crippen LogP contribution in [0.1, 0.15) is 17.8 Å². The number of nitrogens with zero attached hydrogens (tertiary/aromatic N) is 3. The molecule has 0 radical (unpaired) electrons. The normalized spacial score (nSPS) is 10.6. The van der Waals surface area contributed by atoms with Crippen LogP contribution >= 0.6 is 23.2 Å². The summed E-state index contributed by atoms with van der Waals surface area (Å²) in [5.41, 5.74) is 0.978. The van der Waals surface area contributed by atoms with E-state index >= 15 is 0 Å². The van der Waals surface area contributed by atoms with Crippen LogP contribution < -0.4 is 5.32 Å². The number of aromatic nitrogens is 2. The van der Waals surface area contributed by atoms with Crippen molar-refractivity contribution < 1.29 is 9.72 Å². The third kappa shape index (κ3) is 4.94. The smallest absolute Gasteiger partial charge is 0.358 e. The number of nitrogens with one attached hydrogen (secondary N) is 1. The summed E-state index contributed by atoms with van der Waals surface area (Å²) in [5, 5.41) is 14.4. The minimum Gasteiger partial charge on any atom is -0.358 e. The Balaban J connectivity index is 1.77. The molecule has 0 aliphatic rings. The predicted molar refractivity (Wildman–Crippen MR) is 91.4 cm³/mol. The molecular weight excluding hydrogens is 355 g/mol. The first kappa shape index (κ1) is 18.2. The molecule has 1 N–H and O–H groups in total. The maximum absolute atomic E-state index is 11.9. The molecule has 0 unspecified atom stereocenters. The molecule has 0 saturated heterocycles. The Morgan fingerprint density at radius 3 is 2.75 bits per heavy atom. The zero-order valence-corrected chi connectivity index (χ0v) is 14.5. The molecule has 1 aromatic heterocycles. The largest absolute Gasteiger partial charge is 0.381 e. The molecule has 0 aliphatic heterocycles. The van der Waals surface area contributed by atoms with Crippen molar-refractivity contribution in [1.29, 1.82) is 0 Å². The first-order valence-corrected chi connectivity index (χ1v) is 8.01. The number of carbonyl (C=O) groups excluding carboxylic acids is 1. The van der Waals surface area contributed by atoms with Crippen LogP contribution in [0.5, 0.6) is 0 Å². The van der Waals surface area contributed by atoms with Gasteiger partial charge in [-0.2, -0.15) is 0 Å². The van der Waals surface area contributed by atoms with Crippen molar-refractivity contribution in [1.82, 2.24) is 14.9 Å². The first-order chi connectivity index (χ1) is 11.4. The van der Waals surface area contributed by atoms with Crippen LogP contribution in [0.2, 0.25) is 10.0 Å². The molecule has 7 nitrogen and oxygen atoms in total. The molecule has 1 heterocycles. The lowest BCUT2D eigenvalue weighted by molar-refractivity contribution is -0.389. The second-order valence-electron chi connectivity index (χ2n) is 5.20. The van der Waals surface area contributed by atoms with Crippen LogP contribution in [0, 0.1) is 17.0 Å². The Labute approximate surface area is 148 Å². The number of amides is 1. The number of benzene rings is 1. The second-order valence-corrected chi connectivity index (χ2v) is 6.01. The lowest BCUT2D eigenvalue weighted by atomic mass is 10.1. The summed E-state index contributed by atoms with van der Waals surface area (Å²) >= 11 is 11.8. The summed E-state index contributed by atoms with van der Waals surface area (Å²) < 4.78 is 1.59. The van der Waals surface area contributed by atoms with Crippen molar-refractivity contribution in [2.75, 3.05) is 6.54 Å². The molecule has 0 spiro atoms. The van der Waals surface area contributed by atoms with Gasteiger partial charge in [0.05, 0.1) is 10.0 Å². The van der Waals surface area contributed by atoms with Crippen molar-refractivity contribution in [3.8, 4) is 0 Å². The monoisotopic (exact) mass is 370 g/mol. The molecule has 1 aromatic carbocycles. The molecule has 24 heavy (non-hydrogen) atoms. The van der Waals surface area contributed by atoms with Gasteiger partial charge in [-0.3, -0.25) is 4.79 Å². The van der Waals surface area contributed by atoms with Crippen LogP contribution in [0.15, 0.2) is 24.4 Å². The molecule has 1 amide bonds.